The van der Waals surface area contributed by atoms with Crippen molar-refractivity contribution in [1.82, 2.24) is 0 Å². The number of aliphatic hydroxyl groups excluding tert-OH is 1. The highest BCUT2D eigenvalue weighted by atomic mass is 19.4. The van der Waals surface area contributed by atoms with E-state index >= 15 is 0 Å². The number of fused-ring (bicyclic) bond motifs is 1. The van der Waals surface area contributed by atoms with Gasteiger partial charge in [0.15, 0.2) is 6.20 Å². The minimum Gasteiger partial charge on any atom is -0.396 e. The first kappa shape index (κ1) is 62.7. The molecule has 7 rings (SSSR count). The summed E-state index contributed by atoms with van der Waals surface area (Å²) in [4.78, 5) is 12.5. The van der Waals surface area contributed by atoms with E-state index in [4.69, 9.17) is 5.11 Å². The average molecular weight is 1180 g/mol. The van der Waals surface area contributed by atoms with E-state index in [-0.39, 0.29) is 18.9 Å². The van der Waals surface area contributed by atoms with Gasteiger partial charge >= 0.3 is 49.4 Å². The van der Waals surface area contributed by atoms with Gasteiger partial charge in [-0.05, 0) is 42.1 Å². The number of halogens is 24. The lowest BCUT2D eigenvalue weighted by atomic mass is 9.12. The highest BCUT2D eigenvalue weighted by Gasteiger charge is 2.47. The summed E-state index contributed by atoms with van der Waals surface area (Å²) < 4.78 is 343. The number of hydrogen-bond donors (Lipinski definition) is 1. The van der Waals surface area contributed by atoms with Crippen molar-refractivity contribution in [2.75, 3.05) is 6.61 Å². The number of pyridine rings is 1. The predicted molar refractivity (Wildman–Crippen MR) is 246 cm³/mol. The van der Waals surface area contributed by atoms with Crippen molar-refractivity contribution in [2.45, 2.75) is 62.4 Å². The Morgan fingerprint density at radius 1 is 0.407 bits per heavy atom. The molecule has 0 aliphatic rings. The maximum absolute atomic E-state index is 14.2. The summed E-state index contributed by atoms with van der Waals surface area (Å²) in [5.41, 5.74) is -28.5. The minimum atomic E-state index is -6.13. The Morgan fingerprint density at radius 3 is 1.00 bits per heavy atom. The van der Waals surface area contributed by atoms with E-state index in [1.165, 1.54) is 0 Å². The zero-order valence-electron chi connectivity index (χ0n) is 40.0. The van der Waals surface area contributed by atoms with Crippen LogP contribution in [0.5, 0.6) is 0 Å². The van der Waals surface area contributed by atoms with Crippen molar-refractivity contribution < 1.29 is 120 Å². The number of aliphatic hydroxyl groups is 1. The van der Waals surface area contributed by atoms with E-state index in [1.54, 1.807) is 0 Å². The number of aromatic nitrogens is 1. The quantitative estimate of drug-likeness (QED) is 0.0642. The first-order valence-corrected chi connectivity index (χ1v) is 22.7. The Kier molecular flexibility index (Phi) is 17.4. The fourth-order valence-electron chi connectivity index (χ4n) is 8.81. The standard InChI is InChI=1S/C32H12BF24.C21H20NO2/c34-25(35,36)13-1-14(26(37,38)39)6-21(5-13)33(22-7-15(27(40,41)42)2-16(8-22)28(43,44)45,23-9-17(29(46,47)48)3-18(10-23)30(49,50)51)24-11-19(31(52,53)54)4-20(12-24)32(55,56)57;23-15-7-6-12-20-19-11-5-4-8-17(19)13-14-22(20)16-21(24)18-9-2-1-3-10-18/h1-12H;1-6,8-14,23H,7,15-16H2/q-1;+1. The molecule has 1 N–H and O–H groups in total. The van der Waals surface area contributed by atoms with Crippen LogP contribution in [0.4, 0.5) is 105 Å². The van der Waals surface area contributed by atoms with Gasteiger partial charge in [-0.15, -0.1) is 0 Å². The number of ketones is 1. The van der Waals surface area contributed by atoms with E-state index in [2.05, 4.69) is 12.1 Å². The van der Waals surface area contributed by atoms with Gasteiger partial charge in [0, 0.05) is 24.3 Å². The Labute approximate surface area is 440 Å². The molecule has 0 saturated heterocycles. The van der Waals surface area contributed by atoms with Crippen molar-refractivity contribution >= 4 is 50.6 Å². The largest absolute Gasteiger partial charge is 0.416 e. The molecular formula is C53H32BF24NO2. The van der Waals surface area contributed by atoms with Gasteiger partial charge in [0.25, 0.3) is 0 Å². The van der Waals surface area contributed by atoms with Gasteiger partial charge in [-0.2, -0.15) is 132 Å². The summed E-state index contributed by atoms with van der Waals surface area (Å²) in [6.45, 7) is 0.401. The Balaban J connectivity index is 0.000000363. The van der Waals surface area contributed by atoms with Gasteiger partial charge < -0.3 is 5.11 Å². The first-order chi connectivity index (χ1) is 37.1. The second-order valence-electron chi connectivity index (χ2n) is 17.8. The monoisotopic (exact) mass is 1180 g/mol. The summed E-state index contributed by atoms with van der Waals surface area (Å²) in [6.07, 6.45) is -48.3. The molecule has 0 fully saturated rings. The number of rotatable bonds is 10. The summed E-state index contributed by atoms with van der Waals surface area (Å²) in [7, 11) is 0. The van der Waals surface area contributed by atoms with Crippen LogP contribution in [0, 0.1) is 0 Å². The molecule has 0 bridgehead atoms. The van der Waals surface area contributed by atoms with E-state index in [1.807, 2.05) is 71.4 Å². The molecule has 1 aromatic heterocycles. The molecule has 6 aromatic carbocycles. The third-order valence-corrected chi connectivity index (χ3v) is 12.4. The number of Topliss-reactive ketones (excluding diaryl/α,β-unsaturated/α-hetero) is 1. The molecule has 0 saturated carbocycles. The van der Waals surface area contributed by atoms with Gasteiger partial charge in [-0.1, -0.05) is 103 Å². The Bertz CT molecular complexity index is 3000. The van der Waals surface area contributed by atoms with E-state index < -0.39 is 195 Å². The van der Waals surface area contributed by atoms with Gasteiger partial charge in [0.05, 0.1) is 49.9 Å². The van der Waals surface area contributed by atoms with Gasteiger partial charge in [0.2, 0.25) is 18.0 Å². The molecule has 432 valence electrons. The zero-order chi connectivity index (χ0) is 60.7. The number of carbonyl (C=O) groups excluding carboxylic acids is 1. The van der Waals surface area contributed by atoms with Crippen LogP contribution in [-0.4, -0.2) is 23.6 Å². The number of benzene rings is 6. The highest BCUT2D eigenvalue weighted by molar-refractivity contribution is 7.20. The molecule has 81 heavy (non-hydrogen) atoms. The summed E-state index contributed by atoms with van der Waals surface area (Å²) >= 11 is 0. The van der Waals surface area contributed by atoms with Crippen molar-refractivity contribution in [2.24, 2.45) is 0 Å². The molecule has 0 radical (unpaired) electrons. The van der Waals surface area contributed by atoms with Crippen LogP contribution in [0.25, 0.3) is 16.8 Å². The molecule has 0 amide bonds. The molecular weight excluding hydrogens is 1150 g/mol. The number of carbonyl (C=O) groups is 1. The molecule has 1 heterocycles. The summed E-state index contributed by atoms with van der Waals surface area (Å²) in [5.74, 6) is 0.0766. The Morgan fingerprint density at radius 2 is 0.704 bits per heavy atom. The van der Waals surface area contributed by atoms with Crippen LogP contribution >= 0.6 is 0 Å². The maximum Gasteiger partial charge on any atom is 0.416 e. The molecule has 0 aliphatic carbocycles. The van der Waals surface area contributed by atoms with Crippen molar-refractivity contribution in [1.29, 1.82) is 0 Å². The maximum atomic E-state index is 14.2. The van der Waals surface area contributed by atoms with Crippen molar-refractivity contribution in [3.05, 3.63) is 201 Å². The lowest BCUT2D eigenvalue weighted by molar-refractivity contribution is -0.683. The van der Waals surface area contributed by atoms with E-state index in [9.17, 15) is 110 Å². The topological polar surface area (TPSA) is 41.2 Å². The van der Waals surface area contributed by atoms with E-state index in [0.29, 0.717) is 12.0 Å². The normalized spacial score (nSPS) is 13.4. The van der Waals surface area contributed by atoms with Crippen LogP contribution < -0.4 is 26.4 Å². The third-order valence-electron chi connectivity index (χ3n) is 12.4. The predicted octanol–water partition coefficient (Wildman–Crippen LogP) is 14.6. The third kappa shape index (κ3) is 14.5. The smallest absolute Gasteiger partial charge is 0.396 e. The molecule has 28 heteroatoms. The van der Waals surface area contributed by atoms with Gasteiger partial charge in [-0.25, -0.2) is 0 Å². The number of hydrogen-bond acceptors (Lipinski definition) is 2. The van der Waals surface area contributed by atoms with Crippen molar-refractivity contribution in [3.8, 4) is 0 Å². The van der Waals surface area contributed by atoms with E-state index in [0.717, 1.165) is 16.5 Å². The first-order valence-electron chi connectivity index (χ1n) is 22.7. The van der Waals surface area contributed by atoms with Crippen LogP contribution in [-0.2, 0) is 56.0 Å². The summed E-state index contributed by atoms with van der Waals surface area (Å²) in [5, 5.41) is 11.2. The van der Waals surface area contributed by atoms with Crippen molar-refractivity contribution in [3.63, 3.8) is 0 Å². The fourth-order valence-corrected chi connectivity index (χ4v) is 8.81. The number of alkyl halides is 24. The Hall–Kier alpha value is -7.52. The molecule has 0 spiro atoms. The van der Waals surface area contributed by atoms with Gasteiger partial charge in [0.1, 0.15) is 6.15 Å². The SMILES string of the molecule is FC(F)(F)c1cc([B-](c2cc(C(F)(F)F)cc(C(F)(F)F)c2)(c2cc(C(F)(F)F)cc(C(F)(F)F)c2)c2cc(C(F)(F)F)cc(C(F)(F)F)c2)cc(C(F)(F)F)c1.O=C(C[n+]1ccc2ccccc2c1C=CCCO)c1ccccc1. The van der Waals surface area contributed by atoms with Crippen LogP contribution in [0.2, 0.25) is 0 Å². The molecule has 7 aromatic rings. The minimum absolute atomic E-state index is 0.0766. The second-order valence-corrected chi connectivity index (χ2v) is 17.8. The number of nitrogens with zero attached hydrogens (tertiary/aromatic N) is 1. The molecule has 0 atom stereocenters. The highest BCUT2D eigenvalue weighted by Crippen LogP contribution is 2.41. The van der Waals surface area contributed by atoms with Gasteiger partial charge in [-0.3, -0.25) is 4.79 Å². The summed E-state index contributed by atoms with van der Waals surface area (Å²) in [6, 6.07) is 10.7. The lowest BCUT2D eigenvalue weighted by Gasteiger charge is -2.46. The molecule has 0 unspecified atom stereocenters. The van der Waals surface area contributed by atoms with Crippen LogP contribution in [0.3, 0.4) is 0 Å². The fraction of sp³-hybridized carbons (Fsp3) is 0.208. The molecule has 3 nitrogen and oxygen atoms in total. The molecule has 0 aliphatic heterocycles. The lowest BCUT2D eigenvalue weighted by Crippen LogP contribution is -2.75. The van der Waals surface area contributed by atoms with Crippen LogP contribution in [0.1, 0.15) is 67.0 Å². The van der Waals surface area contributed by atoms with Crippen LogP contribution in [0.15, 0.2) is 146 Å². The average Bonchev–Trinajstić information content (AvgIpc) is 3.56. The second kappa shape index (κ2) is 22.4. The zero-order valence-corrected chi connectivity index (χ0v) is 40.0.